The lowest BCUT2D eigenvalue weighted by Gasteiger charge is -2.65. The number of nitrogens with zero attached hydrogens (tertiary/aromatic N) is 3. The SMILES string of the molecule is c1ccc(-c2ccc(-c3nc(-c4ccc(-c5ccccc5)cc4)nc(-c4ccc5c(c4)C(c4ccccc4)(c4ccccc4)c4ccccc4C54C5CC6CC(C5)CC4C6)n3)cc2)cc1. The molecule has 3 nitrogen and oxygen atoms in total. The Bertz CT molecular complexity index is 3010. The summed E-state index contributed by atoms with van der Waals surface area (Å²) >= 11 is 0. The van der Waals surface area contributed by atoms with Crippen molar-refractivity contribution >= 4 is 0 Å². The van der Waals surface area contributed by atoms with E-state index in [0.29, 0.717) is 29.3 Å². The van der Waals surface area contributed by atoms with E-state index in [4.69, 9.17) is 15.0 Å². The van der Waals surface area contributed by atoms with Crippen molar-refractivity contribution in [3.8, 4) is 56.4 Å². The molecule has 9 aromatic rings. The van der Waals surface area contributed by atoms with Crippen molar-refractivity contribution in [1.82, 2.24) is 15.0 Å². The molecule has 5 aliphatic rings. The molecule has 1 spiro atoms. The van der Waals surface area contributed by atoms with E-state index in [2.05, 4.69) is 212 Å². The Balaban J connectivity index is 1.05. The van der Waals surface area contributed by atoms with Crippen LogP contribution in [0.3, 0.4) is 0 Å². The molecule has 4 fully saturated rings. The summed E-state index contributed by atoms with van der Waals surface area (Å²) < 4.78 is 0. The zero-order chi connectivity index (χ0) is 43.0. The summed E-state index contributed by atoms with van der Waals surface area (Å²) in [6, 6.07) is 78.0. The third kappa shape index (κ3) is 5.98. The van der Waals surface area contributed by atoms with Crippen LogP contribution in [0.1, 0.15) is 65.5 Å². The third-order valence-corrected chi connectivity index (χ3v) is 15.9. The van der Waals surface area contributed by atoms with Crippen LogP contribution in [0.15, 0.2) is 212 Å². The van der Waals surface area contributed by atoms with Crippen LogP contribution in [-0.4, -0.2) is 15.0 Å². The van der Waals surface area contributed by atoms with E-state index >= 15 is 0 Å². The molecule has 14 rings (SSSR count). The largest absolute Gasteiger partial charge is 0.208 e. The molecule has 8 aromatic carbocycles. The number of hydrogen-bond acceptors (Lipinski definition) is 3. The maximum absolute atomic E-state index is 5.41. The number of rotatable bonds is 7. The molecule has 0 saturated heterocycles. The highest BCUT2D eigenvalue weighted by molar-refractivity contribution is 5.76. The molecule has 1 aromatic heterocycles. The summed E-state index contributed by atoms with van der Waals surface area (Å²) in [5, 5.41) is 0. The van der Waals surface area contributed by atoms with Crippen molar-refractivity contribution in [2.45, 2.75) is 42.9 Å². The second-order valence-electron chi connectivity index (χ2n) is 19.2. The van der Waals surface area contributed by atoms with Gasteiger partial charge < -0.3 is 0 Å². The molecule has 5 aliphatic carbocycles. The lowest BCUT2D eigenvalue weighted by atomic mass is 9.38. The van der Waals surface area contributed by atoms with Crippen LogP contribution in [0.2, 0.25) is 0 Å². The van der Waals surface area contributed by atoms with E-state index in [1.165, 1.54) is 71.0 Å². The predicted molar refractivity (Wildman–Crippen MR) is 263 cm³/mol. The molecule has 0 aliphatic heterocycles. The fourth-order valence-corrected chi connectivity index (χ4v) is 13.4. The van der Waals surface area contributed by atoms with E-state index in [9.17, 15) is 0 Å². The van der Waals surface area contributed by atoms with Crippen molar-refractivity contribution in [3.05, 3.63) is 246 Å². The van der Waals surface area contributed by atoms with Crippen LogP contribution < -0.4 is 0 Å². The molecule has 65 heavy (non-hydrogen) atoms. The fraction of sp³-hybridized carbons (Fsp3) is 0.177. The molecular formula is C62H49N3. The minimum absolute atomic E-state index is 0.0542. The highest BCUT2D eigenvalue weighted by Gasteiger charge is 2.63. The first-order valence-corrected chi connectivity index (χ1v) is 23.6. The first-order chi connectivity index (χ1) is 32.2. The fourth-order valence-electron chi connectivity index (χ4n) is 13.4. The Morgan fingerprint density at radius 1 is 0.292 bits per heavy atom. The smallest absolute Gasteiger partial charge is 0.164 e. The van der Waals surface area contributed by atoms with E-state index in [0.717, 1.165) is 39.7 Å². The highest BCUT2D eigenvalue weighted by atomic mass is 15.0. The van der Waals surface area contributed by atoms with Crippen LogP contribution in [0.5, 0.6) is 0 Å². The maximum Gasteiger partial charge on any atom is 0.164 e. The van der Waals surface area contributed by atoms with E-state index in [-0.39, 0.29) is 5.41 Å². The summed E-state index contributed by atoms with van der Waals surface area (Å²) in [5.41, 5.74) is 15.4. The Labute approximate surface area is 382 Å². The summed E-state index contributed by atoms with van der Waals surface area (Å²) in [7, 11) is 0. The summed E-state index contributed by atoms with van der Waals surface area (Å²) in [6.07, 6.45) is 6.69. The van der Waals surface area contributed by atoms with Crippen LogP contribution in [-0.2, 0) is 10.8 Å². The summed E-state index contributed by atoms with van der Waals surface area (Å²) in [6.45, 7) is 0. The average Bonchev–Trinajstić information content (AvgIpc) is 3.38. The average molecular weight is 836 g/mol. The molecular weight excluding hydrogens is 787 g/mol. The molecule has 3 heteroatoms. The van der Waals surface area contributed by atoms with Gasteiger partial charge in [-0.15, -0.1) is 0 Å². The van der Waals surface area contributed by atoms with Gasteiger partial charge in [-0.05, 0) is 117 Å². The van der Waals surface area contributed by atoms with Gasteiger partial charge in [0.15, 0.2) is 17.5 Å². The van der Waals surface area contributed by atoms with Crippen LogP contribution >= 0.6 is 0 Å². The molecule has 0 atom stereocenters. The molecule has 1 heterocycles. The molecule has 4 saturated carbocycles. The van der Waals surface area contributed by atoms with Crippen molar-refractivity contribution < 1.29 is 0 Å². The first kappa shape index (κ1) is 38.2. The monoisotopic (exact) mass is 835 g/mol. The minimum Gasteiger partial charge on any atom is -0.208 e. The Kier molecular flexibility index (Phi) is 8.95. The number of benzene rings is 8. The zero-order valence-electron chi connectivity index (χ0n) is 36.4. The molecule has 0 amide bonds. The molecule has 0 radical (unpaired) electrons. The van der Waals surface area contributed by atoms with Gasteiger partial charge in [-0.2, -0.15) is 0 Å². The van der Waals surface area contributed by atoms with Crippen molar-refractivity contribution in [1.29, 1.82) is 0 Å². The second kappa shape index (κ2) is 15.2. The van der Waals surface area contributed by atoms with Gasteiger partial charge in [0.05, 0.1) is 5.41 Å². The number of fused-ring (bicyclic) bond motifs is 2. The van der Waals surface area contributed by atoms with Crippen molar-refractivity contribution in [2.24, 2.45) is 23.7 Å². The molecule has 312 valence electrons. The van der Waals surface area contributed by atoms with E-state index in [1.807, 2.05) is 0 Å². The van der Waals surface area contributed by atoms with Gasteiger partial charge in [-0.3, -0.25) is 0 Å². The highest BCUT2D eigenvalue weighted by Crippen LogP contribution is 2.70. The van der Waals surface area contributed by atoms with Crippen LogP contribution in [0, 0.1) is 23.7 Å². The number of hydrogen-bond donors (Lipinski definition) is 0. The summed E-state index contributed by atoms with van der Waals surface area (Å²) in [4.78, 5) is 16.1. The zero-order valence-corrected chi connectivity index (χ0v) is 36.4. The Hall–Kier alpha value is -7.23. The number of aromatic nitrogens is 3. The van der Waals surface area contributed by atoms with Gasteiger partial charge in [0, 0.05) is 22.1 Å². The van der Waals surface area contributed by atoms with Gasteiger partial charge >= 0.3 is 0 Å². The second-order valence-corrected chi connectivity index (χ2v) is 19.2. The topological polar surface area (TPSA) is 38.7 Å². The van der Waals surface area contributed by atoms with E-state index in [1.54, 1.807) is 5.56 Å². The van der Waals surface area contributed by atoms with Crippen LogP contribution in [0.4, 0.5) is 0 Å². The Morgan fingerprint density at radius 2 is 0.646 bits per heavy atom. The van der Waals surface area contributed by atoms with Gasteiger partial charge in [-0.1, -0.05) is 206 Å². The minimum atomic E-state index is -0.566. The van der Waals surface area contributed by atoms with Gasteiger partial charge in [0.1, 0.15) is 0 Å². The van der Waals surface area contributed by atoms with Crippen molar-refractivity contribution in [3.63, 3.8) is 0 Å². The van der Waals surface area contributed by atoms with Crippen LogP contribution in [0.25, 0.3) is 56.4 Å². The summed E-state index contributed by atoms with van der Waals surface area (Å²) in [5.74, 6) is 4.92. The van der Waals surface area contributed by atoms with Gasteiger partial charge in [-0.25, -0.2) is 15.0 Å². The molecule has 0 unspecified atom stereocenters. The normalized spacial score (nSPS) is 22.0. The first-order valence-electron chi connectivity index (χ1n) is 23.6. The maximum atomic E-state index is 5.41. The predicted octanol–water partition coefficient (Wildman–Crippen LogP) is 14.6. The van der Waals surface area contributed by atoms with Crippen molar-refractivity contribution in [2.75, 3.05) is 0 Å². The molecule has 4 bridgehead atoms. The molecule has 0 N–H and O–H groups in total. The quantitative estimate of drug-likeness (QED) is 0.161. The van der Waals surface area contributed by atoms with E-state index < -0.39 is 5.41 Å². The van der Waals surface area contributed by atoms with Gasteiger partial charge in [0.25, 0.3) is 0 Å². The standard InChI is InChI=1S/C62H49N3/c1-5-15-43(16-6-1)45-25-29-47(30-26-45)58-63-59(48-31-27-46(28-32-48)44-17-7-2-8-18-44)65-60(64-58)49-33-34-56-57(40-49)61(50-19-9-3-10-20-50,51-21-11-4-12-22-51)54-23-13-14-24-55(54)62(56)52-36-41-35-42(38-52)39-53(62)37-41/h1-34,40-42,52-53H,35-39H2. The lowest BCUT2D eigenvalue weighted by Crippen LogP contribution is -2.59. The third-order valence-electron chi connectivity index (χ3n) is 15.9. The lowest BCUT2D eigenvalue weighted by molar-refractivity contribution is -0.0440. The Morgan fingerprint density at radius 3 is 1.12 bits per heavy atom. The van der Waals surface area contributed by atoms with Gasteiger partial charge in [0.2, 0.25) is 0 Å².